The topological polar surface area (TPSA) is 13.1 Å². The standard InChI is InChI=1S/C23H20O/c1-4-14-9-10-16-18-12-17-15-7-5-6-8-19(15)23(2,3)20(17)13-22(18)24-21(16)11-14/h5-13H,4H2,1-3H3. The molecule has 0 unspecified atom stereocenters. The first-order chi connectivity index (χ1) is 11.6. The molecule has 1 heterocycles. The van der Waals surface area contributed by atoms with Gasteiger partial charge in [0.2, 0.25) is 0 Å². The third-order valence-electron chi connectivity index (χ3n) is 5.65. The highest BCUT2D eigenvalue weighted by Gasteiger charge is 2.35. The fourth-order valence-corrected chi connectivity index (χ4v) is 4.23. The zero-order valence-electron chi connectivity index (χ0n) is 14.3. The molecule has 0 bridgehead atoms. The SMILES string of the molecule is CCc1ccc2c(c1)oc1cc3c(cc12)-c1ccccc1C3(C)C. The molecule has 118 valence electrons. The maximum atomic E-state index is 6.21. The van der Waals surface area contributed by atoms with Gasteiger partial charge in [-0.25, -0.2) is 0 Å². The van der Waals surface area contributed by atoms with Crippen molar-refractivity contribution in [3.63, 3.8) is 0 Å². The summed E-state index contributed by atoms with van der Waals surface area (Å²) in [5.74, 6) is 0. The Kier molecular flexibility index (Phi) is 2.60. The van der Waals surface area contributed by atoms with Crippen LogP contribution in [0, 0.1) is 0 Å². The Balaban J connectivity index is 1.88. The minimum atomic E-state index is 0.0215. The summed E-state index contributed by atoms with van der Waals surface area (Å²) in [6, 6.07) is 20.0. The molecule has 0 aliphatic heterocycles. The van der Waals surface area contributed by atoms with Crippen LogP contribution in [0.3, 0.4) is 0 Å². The quantitative estimate of drug-likeness (QED) is 0.393. The van der Waals surface area contributed by atoms with Gasteiger partial charge >= 0.3 is 0 Å². The number of hydrogen-bond acceptors (Lipinski definition) is 1. The molecular weight excluding hydrogens is 292 g/mol. The number of hydrogen-bond donors (Lipinski definition) is 0. The molecule has 1 aliphatic rings. The summed E-state index contributed by atoms with van der Waals surface area (Å²) in [5.41, 5.74) is 8.82. The van der Waals surface area contributed by atoms with E-state index < -0.39 is 0 Å². The van der Waals surface area contributed by atoms with Crippen molar-refractivity contribution in [3.8, 4) is 11.1 Å². The van der Waals surface area contributed by atoms with Crippen molar-refractivity contribution in [1.82, 2.24) is 0 Å². The molecule has 5 rings (SSSR count). The second-order valence-electron chi connectivity index (χ2n) is 7.35. The van der Waals surface area contributed by atoms with E-state index in [4.69, 9.17) is 4.42 Å². The number of furan rings is 1. The van der Waals surface area contributed by atoms with Gasteiger partial charge in [0.25, 0.3) is 0 Å². The molecule has 1 nitrogen and oxygen atoms in total. The first-order valence-electron chi connectivity index (χ1n) is 8.69. The first-order valence-corrected chi connectivity index (χ1v) is 8.69. The Morgan fingerprint density at radius 3 is 2.42 bits per heavy atom. The summed E-state index contributed by atoms with van der Waals surface area (Å²) in [5, 5.41) is 2.44. The van der Waals surface area contributed by atoms with Crippen LogP contribution in [-0.4, -0.2) is 0 Å². The van der Waals surface area contributed by atoms with Crippen LogP contribution in [0.15, 0.2) is 59.0 Å². The van der Waals surface area contributed by atoms with E-state index in [1.807, 2.05) is 0 Å². The molecule has 0 fully saturated rings. The largest absolute Gasteiger partial charge is 0.456 e. The van der Waals surface area contributed by atoms with Gasteiger partial charge in [-0.05, 0) is 52.4 Å². The predicted octanol–water partition coefficient (Wildman–Crippen LogP) is 6.45. The summed E-state index contributed by atoms with van der Waals surface area (Å²) in [6.45, 7) is 6.79. The number of benzene rings is 3. The summed E-state index contributed by atoms with van der Waals surface area (Å²) in [7, 11) is 0. The van der Waals surface area contributed by atoms with Crippen molar-refractivity contribution in [2.45, 2.75) is 32.6 Å². The zero-order valence-corrected chi connectivity index (χ0v) is 14.3. The molecule has 0 amide bonds. The first kappa shape index (κ1) is 13.9. The van der Waals surface area contributed by atoms with Crippen LogP contribution in [0.25, 0.3) is 33.1 Å². The molecule has 4 aromatic rings. The minimum absolute atomic E-state index is 0.0215. The molecule has 0 saturated heterocycles. The lowest BCUT2D eigenvalue weighted by Gasteiger charge is -2.21. The summed E-state index contributed by atoms with van der Waals surface area (Å²) >= 11 is 0. The predicted molar refractivity (Wildman–Crippen MR) is 101 cm³/mol. The van der Waals surface area contributed by atoms with Gasteiger partial charge in [-0.15, -0.1) is 0 Å². The lowest BCUT2D eigenvalue weighted by molar-refractivity contribution is 0.647. The molecule has 1 aromatic heterocycles. The minimum Gasteiger partial charge on any atom is -0.456 e. The van der Waals surface area contributed by atoms with E-state index in [1.165, 1.54) is 38.6 Å². The molecule has 1 heteroatoms. The highest BCUT2D eigenvalue weighted by atomic mass is 16.3. The van der Waals surface area contributed by atoms with E-state index in [0.29, 0.717) is 0 Å². The average molecular weight is 312 g/mol. The third-order valence-corrected chi connectivity index (χ3v) is 5.65. The van der Waals surface area contributed by atoms with E-state index in [-0.39, 0.29) is 5.41 Å². The maximum Gasteiger partial charge on any atom is 0.135 e. The Labute approximate surface area is 141 Å². The van der Waals surface area contributed by atoms with Gasteiger partial charge in [-0.1, -0.05) is 57.2 Å². The highest BCUT2D eigenvalue weighted by molar-refractivity contribution is 6.07. The summed E-state index contributed by atoms with van der Waals surface area (Å²) in [4.78, 5) is 0. The van der Waals surface area contributed by atoms with Crippen molar-refractivity contribution in [3.05, 3.63) is 71.3 Å². The number of aryl methyl sites for hydroxylation is 1. The average Bonchev–Trinajstić information content (AvgIpc) is 3.06. The summed E-state index contributed by atoms with van der Waals surface area (Å²) < 4.78 is 6.21. The van der Waals surface area contributed by atoms with Crippen LogP contribution in [0.2, 0.25) is 0 Å². The highest BCUT2D eigenvalue weighted by Crippen LogP contribution is 2.50. The van der Waals surface area contributed by atoms with Gasteiger partial charge in [-0.2, -0.15) is 0 Å². The molecule has 0 radical (unpaired) electrons. The normalized spacial score (nSPS) is 15.0. The molecule has 0 spiro atoms. The van der Waals surface area contributed by atoms with E-state index in [0.717, 1.165) is 17.6 Å². The van der Waals surface area contributed by atoms with Gasteiger partial charge in [0, 0.05) is 16.2 Å². The van der Waals surface area contributed by atoms with Crippen molar-refractivity contribution in [2.24, 2.45) is 0 Å². The van der Waals surface area contributed by atoms with E-state index in [1.54, 1.807) is 0 Å². The Morgan fingerprint density at radius 2 is 1.58 bits per heavy atom. The van der Waals surface area contributed by atoms with Gasteiger partial charge in [0.05, 0.1) is 0 Å². The van der Waals surface area contributed by atoms with Crippen LogP contribution >= 0.6 is 0 Å². The van der Waals surface area contributed by atoms with E-state index in [2.05, 4.69) is 75.4 Å². The Morgan fingerprint density at radius 1 is 0.792 bits per heavy atom. The van der Waals surface area contributed by atoms with Crippen LogP contribution in [0.4, 0.5) is 0 Å². The fraction of sp³-hybridized carbons (Fsp3) is 0.217. The van der Waals surface area contributed by atoms with Gasteiger partial charge in [0.1, 0.15) is 11.2 Å². The van der Waals surface area contributed by atoms with Crippen LogP contribution < -0.4 is 0 Å². The second-order valence-corrected chi connectivity index (χ2v) is 7.35. The van der Waals surface area contributed by atoms with Crippen LogP contribution in [-0.2, 0) is 11.8 Å². The van der Waals surface area contributed by atoms with Gasteiger partial charge in [-0.3, -0.25) is 0 Å². The molecule has 0 atom stereocenters. The van der Waals surface area contributed by atoms with Gasteiger partial charge < -0.3 is 4.42 Å². The zero-order chi connectivity index (χ0) is 16.5. The number of fused-ring (bicyclic) bond motifs is 6. The van der Waals surface area contributed by atoms with Gasteiger partial charge in [0.15, 0.2) is 0 Å². The van der Waals surface area contributed by atoms with E-state index >= 15 is 0 Å². The van der Waals surface area contributed by atoms with Crippen molar-refractivity contribution in [1.29, 1.82) is 0 Å². The molecule has 0 saturated carbocycles. The van der Waals surface area contributed by atoms with Crippen molar-refractivity contribution in [2.75, 3.05) is 0 Å². The summed E-state index contributed by atoms with van der Waals surface area (Å²) in [6.07, 6.45) is 1.03. The molecule has 0 N–H and O–H groups in total. The Bertz CT molecular complexity index is 1110. The van der Waals surface area contributed by atoms with Crippen LogP contribution in [0.1, 0.15) is 37.5 Å². The Hall–Kier alpha value is -2.54. The molecule has 24 heavy (non-hydrogen) atoms. The fourth-order valence-electron chi connectivity index (χ4n) is 4.23. The van der Waals surface area contributed by atoms with Crippen molar-refractivity contribution >= 4 is 21.9 Å². The third kappa shape index (κ3) is 1.65. The monoisotopic (exact) mass is 312 g/mol. The number of rotatable bonds is 1. The maximum absolute atomic E-state index is 6.21. The smallest absolute Gasteiger partial charge is 0.135 e. The van der Waals surface area contributed by atoms with Crippen LogP contribution in [0.5, 0.6) is 0 Å². The van der Waals surface area contributed by atoms with E-state index in [9.17, 15) is 0 Å². The van der Waals surface area contributed by atoms with Crippen molar-refractivity contribution < 1.29 is 4.42 Å². The molecule has 1 aliphatic carbocycles. The lowest BCUT2D eigenvalue weighted by atomic mass is 9.82. The molecule has 3 aromatic carbocycles. The second kappa shape index (κ2) is 4.51. The molecular formula is C23H20O. The lowest BCUT2D eigenvalue weighted by Crippen LogP contribution is -2.14.